The van der Waals surface area contributed by atoms with E-state index in [2.05, 4.69) is 32.6 Å². The van der Waals surface area contributed by atoms with Crippen LogP contribution in [0.15, 0.2) is 102 Å². The van der Waals surface area contributed by atoms with Gasteiger partial charge in [-0.2, -0.15) is 10.2 Å². The fourth-order valence-electron chi connectivity index (χ4n) is 3.11. The molecule has 29 heavy (non-hydrogen) atoms. The van der Waals surface area contributed by atoms with E-state index in [1.165, 1.54) is 0 Å². The zero-order chi connectivity index (χ0) is 20.1. The molecule has 5 nitrogen and oxygen atoms in total. The topological polar surface area (TPSA) is 49.2 Å². The number of nitrogens with one attached hydrogen (secondary N) is 1. The van der Waals surface area contributed by atoms with Gasteiger partial charge in [0.15, 0.2) is 0 Å². The first-order valence-electron chi connectivity index (χ1n) is 9.35. The first-order chi connectivity index (χ1) is 14.2. The molecule has 1 heterocycles. The average Bonchev–Trinajstić information content (AvgIpc) is 2.77. The molecule has 0 saturated heterocycles. The van der Waals surface area contributed by atoms with Crippen molar-refractivity contribution in [1.82, 2.24) is 0 Å². The zero-order valence-electron chi connectivity index (χ0n) is 16.4. The van der Waals surface area contributed by atoms with Gasteiger partial charge in [0.25, 0.3) is 0 Å². The maximum atomic E-state index is 5.18. The van der Waals surface area contributed by atoms with E-state index >= 15 is 0 Å². The Hall–Kier alpha value is -3.86. The highest BCUT2D eigenvalue weighted by Crippen LogP contribution is 2.31. The molecule has 0 aromatic heterocycles. The summed E-state index contributed by atoms with van der Waals surface area (Å²) in [4.78, 5) is 2.10. The predicted molar refractivity (Wildman–Crippen MR) is 119 cm³/mol. The van der Waals surface area contributed by atoms with Gasteiger partial charge in [-0.3, -0.25) is 0 Å². The number of hydrogen-bond acceptors (Lipinski definition) is 5. The van der Waals surface area contributed by atoms with Crippen LogP contribution in [0.25, 0.3) is 5.57 Å². The normalized spacial score (nSPS) is 14.3. The molecule has 3 aromatic rings. The summed E-state index contributed by atoms with van der Waals surface area (Å²) >= 11 is 0. The molecule has 0 radical (unpaired) electrons. The Morgan fingerprint density at radius 2 is 1.59 bits per heavy atom. The molecule has 3 aromatic carbocycles. The fourth-order valence-corrected chi connectivity index (χ4v) is 3.11. The second-order valence-corrected chi connectivity index (χ2v) is 6.64. The molecule has 0 saturated carbocycles. The van der Waals surface area contributed by atoms with Crippen molar-refractivity contribution in [2.45, 2.75) is 0 Å². The molecule has 1 aliphatic rings. The van der Waals surface area contributed by atoms with Crippen LogP contribution in [0.1, 0.15) is 5.56 Å². The number of azo groups is 1. The monoisotopic (exact) mass is 382 g/mol. The molecule has 144 valence electrons. The third kappa shape index (κ3) is 4.35. The smallest absolute Gasteiger partial charge is 0.119 e. The van der Waals surface area contributed by atoms with Crippen molar-refractivity contribution in [3.05, 3.63) is 96.8 Å². The van der Waals surface area contributed by atoms with Crippen LogP contribution >= 0.6 is 0 Å². The third-order valence-electron chi connectivity index (χ3n) is 4.69. The molecule has 0 atom stereocenters. The van der Waals surface area contributed by atoms with Gasteiger partial charge in [-0.1, -0.05) is 18.2 Å². The molecule has 0 aliphatic carbocycles. The molecule has 0 bridgehead atoms. The molecule has 4 rings (SSSR count). The third-order valence-corrected chi connectivity index (χ3v) is 4.69. The molecule has 0 spiro atoms. The number of benzene rings is 3. The van der Waals surface area contributed by atoms with Crippen molar-refractivity contribution < 1.29 is 4.74 Å². The van der Waals surface area contributed by atoms with Crippen LogP contribution < -0.4 is 15.0 Å². The Bertz CT molecular complexity index is 1070. The van der Waals surface area contributed by atoms with E-state index in [1.54, 1.807) is 13.3 Å². The lowest BCUT2D eigenvalue weighted by atomic mass is 10.0. The minimum absolute atomic E-state index is 0.798. The Kier molecular flexibility index (Phi) is 5.38. The van der Waals surface area contributed by atoms with Crippen LogP contribution in [0.2, 0.25) is 0 Å². The lowest BCUT2D eigenvalue weighted by Gasteiger charge is -2.23. The highest BCUT2D eigenvalue weighted by atomic mass is 16.5. The zero-order valence-corrected chi connectivity index (χ0v) is 16.4. The number of allylic oxidation sites excluding steroid dienone is 2. The molecular weight excluding hydrogens is 360 g/mol. The van der Waals surface area contributed by atoms with Gasteiger partial charge in [0, 0.05) is 41.4 Å². The average molecular weight is 382 g/mol. The summed E-state index contributed by atoms with van der Waals surface area (Å²) in [7, 11) is 3.70. The van der Waals surface area contributed by atoms with E-state index in [9.17, 15) is 0 Å². The minimum Gasteiger partial charge on any atom is -0.497 e. The van der Waals surface area contributed by atoms with Crippen LogP contribution in [0.4, 0.5) is 22.7 Å². The second kappa shape index (κ2) is 8.44. The summed E-state index contributed by atoms with van der Waals surface area (Å²) in [6, 6.07) is 23.9. The Morgan fingerprint density at radius 3 is 2.31 bits per heavy atom. The lowest BCUT2D eigenvalue weighted by Crippen LogP contribution is -2.13. The molecule has 0 fully saturated rings. The molecule has 1 N–H and O–H groups in total. The number of hydrogen-bond donors (Lipinski definition) is 1. The van der Waals surface area contributed by atoms with Gasteiger partial charge in [-0.25, -0.2) is 0 Å². The second-order valence-electron chi connectivity index (χ2n) is 6.64. The molecule has 0 amide bonds. The van der Waals surface area contributed by atoms with Gasteiger partial charge in [0.2, 0.25) is 0 Å². The Morgan fingerprint density at radius 1 is 0.897 bits per heavy atom. The minimum atomic E-state index is 0.798. The number of ether oxygens (including phenoxy) is 1. The molecular formula is C24H22N4O. The number of anilines is 3. The maximum absolute atomic E-state index is 5.18. The summed E-state index contributed by atoms with van der Waals surface area (Å²) < 4.78 is 5.18. The summed E-state index contributed by atoms with van der Waals surface area (Å²) in [6.45, 7) is 0. The summed E-state index contributed by atoms with van der Waals surface area (Å²) in [5.74, 6) is 0.836. The van der Waals surface area contributed by atoms with Gasteiger partial charge in [0.05, 0.1) is 19.0 Å². The maximum Gasteiger partial charge on any atom is 0.119 e. The van der Waals surface area contributed by atoms with E-state index in [4.69, 9.17) is 4.74 Å². The van der Waals surface area contributed by atoms with Crippen molar-refractivity contribution in [3.8, 4) is 5.75 Å². The molecule has 1 aliphatic heterocycles. The SMILES string of the molecule is COc1ccc(Nc2ccc(N=NC=C3C=CN(C)c4ccccc43)cc2)cc1. The predicted octanol–water partition coefficient (Wildman–Crippen LogP) is 6.53. The van der Waals surface area contributed by atoms with Gasteiger partial charge >= 0.3 is 0 Å². The van der Waals surface area contributed by atoms with E-state index in [0.717, 1.165) is 39.6 Å². The van der Waals surface area contributed by atoms with Crippen molar-refractivity contribution in [2.24, 2.45) is 10.2 Å². The number of methoxy groups -OCH3 is 1. The molecule has 5 heteroatoms. The van der Waals surface area contributed by atoms with Gasteiger partial charge < -0.3 is 15.0 Å². The van der Waals surface area contributed by atoms with Crippen molar-refractivity contribution in [1.29, 1.82) is 0 Å². The van der Waals surface area contributed by atoms with Gasteiger partial charge in [-0.05, 0) is 60.7 Å². The van der Waals surface area contributed by atoms with Crippen molar-refractivity contribution >= 4 is 28.3 Å². The Labute approximate surface area is 170 Å². The molecule has 0 unspecified atom stereocenters. The van der Waals surface area contributed by atoms with Crippen LogP contribution in [-0.4, -0.2) is 14.2 Å². The highest BCUT2D eigenvalue weighted by Gasteiger charge is 2.12. The number of para-hydroxylation sites is 1. The van der Waals surface area contributed by atoms with E-state index < -0.39 is 0 Å². The quantitative estimate of drug-likeness (QED) is 0.511. The fraction of sp³-hybridized carbons (Fsp3) is 0.0833. The number of nitrogens with zero attached hydrogens (tertiary/aromatic N) is 3. The standard InChI is InChI=1S/C24H22N4O/c1-28-16-15-18(23-5-3-4-6-24(23)28)17-25-27-21-9-7-19(8-10-21)26-20-11-13-22(29-2)14-12-20/h3-17,26H,1-2H3. The van der Waals surface area contributed by atoms with Crippen LogP contribution in [0, 0.1) is 0 Å². The first kappa shape index (κ1) is 18.5. The summed E-state index contributed by atoms with van der Waals surface area (Å²) in [5.41, 5.74) is 6.13. The van der Waals surface area contributed by atoms with Crippen LogP contribution in [0.5, 0.6) is 5.75 Å². The van der Waals surface area contributed by atoms with Gasteiger partial charge in [-0.15, -0.1) is 0 Å². The highest BCUT2D eigenvalue weighted by molar-refractivity contribution is 5.85. The van der Waals surface area contributed by atoms with Crippen LogP contribution in [0.3, 0.4) is 0 Å². The Balaban J connectivity index is 1.44. The van der Waals surface area contributed by atoms with Gasteiger partial charge in [0.1, 0.15) is 5.75 Å². The number of fused-ring (bicyclic) bond motifs is 1. The van der Waals surface area contributed by atoms with E-state index in [0.29, 0.717) is 0 Å². The summed E-state index contributed by atoms with van der Waals surface area (Å²) in [6.07, 6.45) is 5.87. The number of rotatable bonds is 5. The van der Waals surface area contributed by atoms with Crippen molar-refractivity contribution in [2.75, 3.05) is 24.4 Å². The lowest BCUT2D eigenvalue weighted by molar-refractivity contribution is 0.415. The van der Waals surface area contributed by atoms with E-state index in [1.807, 2.05) is 80.0 Å². The summed E-state index contributed by atoms with van der Waals surface area (Å²) in [5, 5.41) is 12.0. The van der Waals surface area contributed by atoms with E-state index in [-0.39, 0.29) is 0 Å². The van der Waals surface area contributed by atoms with Crippen molar-refractivity contribution in [3.63, 3.8) is 0 Å². The van der Waals surface area contributed by atoms with Crippen LogP contribution in [-0.2, 0) is 0 Å². The largest absolute Gasteiger partial charge is 0.497 e. The first-order valence-corrected chi connectivity index (χ1v) is 9.35.